The zero-order valence-electron chi connectivity index (χ0n) is 13.9. The second kappa shape index (κ2) is 7.57. The first-order valence-corrected chi connectivity index (χ1v) is 8.41. The van der Waals surface area contributed by atoms with Gasteiger partial charge in [-0.3, -0.25) is 9.59 Å². The molecule has 0 bridgehead atoms. The van der Waals surface area contributed by atoms with Gasteiger partial charge in [-0.1, -0.05) is 26.0 Å². The molecule has 1 aliphatic rings. The number of nitrogens with one attached hydrogen (secondary N) is 1. The topological polar surface area (TPSA) is 46.2 Å². The molecule has 22 heavy (non-hydrogen) atoms. The molecule has 0 spiro atoms. The van der Waals surface area contributed by atoms with Gasteiger partial charge in [0.1, 0.15) is 0 Å². The maximum absolute atomic E-state index is 12.3. The van der Waals surface area contributed by atoms with Crippen molar-refractivity contribution in [3.63, 3.8) is 0 Å². The Balaban J connectivity index is 1.88. The molecule has 3 nitrogen and oxygen atoms in total. The van der Waals surface area contributed by atoms with Crippen LogP contribution in [0.15, 0.2) is 18.2 Å². The summed E-state index contributed by atoms with van der Waals surface area (Å²) < 4.78 is 0. The minimum Gasteiger partial charge on any atom is -0.353 e. The number of hydrogen-bond acceptors (Lipinski definition) is 2. The van der Waals surface area contributed by atoms with E-state index in [0.717, 1.165) is 18.4 Å². The van der Waals surface area contributed by atoms with Crippen LogP contribution in [0.3, 0.4) is 0 Å². The lowest BCUT2D eigenvalue weighted by Crippen LogP contribution is -2.36. The van der Waals surface area contributed by atoms with Crippen LogP contribution in [0.25, 0.3) is 0 Å². The number of hydrogen-bond donors (Lipinski definition) is 1. The molecule has 0 radical (unpaired) electrons. The Morgan fingerprint density at radius 2 is 1.73 bits per heavy atom. The van der Waals surface area contributed by atoms with E-state index in [2.05, 4.69) is 25.2 Å². The fourth-order valence-electron chi connectivity index (χ4n) is 2.77. The van der Waals surface area contributed by atoms with E-state index < -0.39 is 0 Å². The smallest absolute Gasteiger partial charge is 0.220 e. The SMILES string of the molecule is CC(C)[C@H](C)NC(=O)CCC(=O)c1ccc2c(c1)CCCC2. The highest BCUT2D eigenvalue weighted by Crippen LogP contribution is 2.22. The summed E-state index contributed by atoms with van der Waals surface area (Å²) in [6.07, 6.45) is 5.21. The number of carbonyl (C=O) groups is 2. The second-order valence-electron chi connectivity index (χ2n) is 6.71. The molecule has 0 saturated carbocycles. The van der Waals surface area contributed by atoms with Crippen molar-refractivity contribution in [2.24, 2.45) is 5.92 Å². The molecule has 1 atom stereocenters. The van der Waals surface area contributed by atoms with Crippen LogP contribution in [0.1, 0.15) is 67.9 Å². The molecule has 0 aromatic heterocycles. The molecule has 1 amide bonds. The predicted molar refractivity (Wildman–Crippen MR) is 89.1 cm³/mol. The molecule has 120 valence electrons. The molecule has 0 aliphatic heterocycles. The lowest BCUT2D eigenvalue weighted by atomic mass is 9.89. The van der Waals surface area contributed by atoms with Gasteiger partial charge in [-0.2, -0.15) is 0 Å². The Bertz CT molecular complexity index is 548. The maximum atomic E-state index is 12.3. The third kappa shape index (κ3) is 4.43. The molecular formula is C19H27NO2. The van der Waals surface area contributed by atoms with Crippen molar-refractivity contribution in [2.75, 3.05) is 0 Å². The van der Waals surface area contributed by atoms with Gasteiger partial charge in [-0.05, 0) is 55.7 Å². The quantitative estimate of drug-likeness (QED) is 0.815. The molecular weight excluding hydrogens is 274 g/mol. The van der Waals surface area contributed by atoms with Gasteiger partial charge in [0.15, 0.2) is 5.78 Å². The first kappa shape index (κ1) is 16.7. The van der Waals surface area contributed by atoms with E-state index in [9.17, 15) is 9.59 Å². The summed E-state index contributed by atoms with van der Waals surface area (Å²) in [4.78, 5) is 24.1. The van der Waals surface area contributed by atoms with E-state index in [-0.39, 0.29) is 30.6 Å². The molecule has 2 rings (SSSR count). The van der Waals surface area contributed by atoms with Gasteiger partial charge in [-0.25, -0.2) is 0 Å². The first-order valence-electron chi connectivity index (χ1n) is 8.41. The van der Waals surface area contributed by atoms with Gasteiger partial charge < -0.3 is 5.32 Å². The number of benzene rings is 1. The zero-order valence-corrected chi connectivity index (χ0v) is 13.9. The number of ketones is 1. The van der Waals surface area contributed by atoms with E-state index in [0.29, 0.717) is 5.92 Å². The molecule has 1 N–H and O–H groups in total. The van der Waals surface area contributed by atoms with Crippen molar-refractivity contribution in [1.29, 1.82) is 0 Å². The molecule has 0 heterocycles. The van der Waals surface area contributed by atoms with Crippen molar-refractivity contribution >= 4 is 11.7 Å². The number of Topliss-reactive ketones (excluding diaryl/α,β-unsaturated/α-hetero) is 1. The molecule has 1 aromatic rings. The molecule has 3 heteroatoms. The standard InChI is InChI=1S/C19H27NO2/c1-13(2)14(3)20-19(22)11-10-18(21)17-9-8-15-6-4-5-7-16(15)12-17/h8-9,12-14H,4-7,10-11H2,1-3H3,(H,20,22)/t14-/m0/s1. The van der Waals surface area contributed by atoms with Crippen LogP contribution in [0.2, 0.25) is 0 Å². The van der Waals surface area contributed by atoms with Gasteiger partial charge in [0.2, 0.25) is 5.91 Å². The average molecular weight is 301 g/mol. The summed E-state index contributed by atoms with van der Waals surface area (Å²) in [5.41, 5.74) is 3.45. The van der Waals surface area contributed by atoms with Crippen LogP contribution in [0, 0.1) is 5.92 Å². The lowest BCUT2D eigenvalue weighted by molar-refractivity contribution is -0.121. The zero-order chi connectivity index (χ0) is 16.1. The van der Waals surface area contributed by atoms with Crippen LogP contribution >= 0.6 is 0 Å². The molecule has 0 fully saturated rings. The summed E-state index contributed by atoms with van der Waals surface area (Å²) >= 11 is 0. The van der Waals surface area contributed by atoms with Crippen molar-refractivity contribution in [2.45, 2.75) is 65.3 Å². The molecule has 1 aromatic carbocycles. The van der Waals surface area contributed by atoms with E-state index in [1.807, 2.05) is 19.1 Å². The molecule has 1 aliphatic carbocycles. The summed E-state index contributed by atoms with van der Waals surface area (Å²) in [6, 6.07) is 6.18. The Hall–Kier alpha value is -1.64. The van der Waals surface area contributed by atoms with E-state index in [1.165, 1.54) is 24.0 Å². The van der Waals surface area contributed by atoms with Crippen LogP contribution in [0.5, 0.6) is 0 Å². The van der Waals surface area contributed by atoms with Crippen molar-refractivity contribution < 1.29 is 9.59 Å². The summed E-state index contributed by atoms with van der Waals surface area (Å²) in [7, 11) is 0. The average Bonchev–Trinajstić information content (AvgIpc) is 2.52. The highest BCUT2D eigenvalue weighted by molar-refractivity contribution is 5.98. The van der Waals surface area contributed by atoms with Crippen molar-refractivity contribution in [3.8, 4) is 0 Å². The number of rotatable bonds is 6. The third-order valence-corrected chi connectivity index (χ3v) is 4.64. The first-order chi connectivity index (χ1) is 10.5. The summed E-state index contributed by atoms with van der Waals surface area (Å²) in [5.74, 6) is 0.438. The van der Waals surface area contributed by atoms with Gasteiger partial charge >= 0.3 is 0 Å². The number of amides is 1. The number of aryl methyl sites for hydroxylation is 2. The number of carbonyl (C=O) groups excluding carboxylic acids is 2. The van der Waals surface area contributed by atoms with E-state index >= 15 is 0 Å². The fraction of sp³-hybridized carbons (Fsp3) is 0.579. The third-order valence-electron chi connectivity index (χ3n) is 4.64. The fourth-order valence-corrected chi connectivity index (χ4v) is 2.77. The van der Waals surface area contributed by atoms with Crippen molar-refractivity contribution in [3.05, 3.63) is 34.9 Å². The minimum atomic E-state index is -0.0347. The van der Waals surface area contributed by atoms with Crippen LogP contribution < -0.4 is 5.32 Å². The predicted octanol–water partition coefficient (Wildman–Crippen LogP) is 3.69. The maximum Gasteiger partial charge on any atom is 0.220 e. The Morgan fingerprint density at radius 3 is 2.41 bits per heavy atom. The van der Waals surface area contributed by atoms with Crippen LogP contribution in [-0.2, 0) is 17.6 Å². The van der Waals surface area contributed by atoms with Gasteiger partial charge in [0.05, 0.1) is 0 Å². The van der Waals surface area contributed by atoms with Gasteiger partial charge in [-0.15, -0.1) is 0 Å². The van der Waals surface area contributed by atoms with Gasteiger partial charge in [0, 0.05) is 24.4 Å². The highest BCUT2D eigenvalue weighted by Gasteiger charge is 2.15. The lowest BCUT2D eigenvalue weighted by Gasteiger charge is -2.17. The van der Waals surface area contributed by atoms with Crippen LogP contribution in [-0.4, -0.2) is 17.7 Å². The van der Waals surface area contributed by atoms with Crippen molar-refractivity contribution in [1.82, 2.24) is 5.32 Å². The normalized spacial score (nSPS) is 15.3. The summed E-state index contributed by atoms with van der Waals surface area (Å²) in [5, 5.41) is 2.94. The molecule has 0 unspecified atom stereocenters. The minimum absolute atomic E-state index is 0.0347. The van der Waals surface area contributed by atoms with E-state index in [1.54, 1.807) is 0 Å². The summed E-state index contributed by atoms with van der Waals surface area (Å²) in [6.45, 7) is 6.14. The Kier molecular flexibility index (Phi) is 5.76. The number of fused-ring (bicyclic) bond motifs is 1. The Morgan fingerprint density at radius 1 is 1.05 bits per heavy atom. The highest BCUT2D eigenvalue weighted by atomic mass is 16.2. The second-order valence-corrected chi connectivity index (χ2v) is 6.71. The monoisotopic (exact) mass is 301 g/mol. The van der Waals surface area contributed by atoms with Gasteiger partial charge in [0.25, 0.3) is 0 Å². The van der Waals surface area contributed by atoms with Crippen LogP contribution in [0.4, 0.5) is 0 Å². The van der Waals surface area contributed by atoms with E-state index in [4.69, 9.17) is 0 Å². The molecule has 0 saturated heterocycles. The Labute approximate surface area is 133 Å². The largest absolute Gasteiger partial charge is 0.353 e.